The molecule has 0 bridgehead atoms. The van der Waals surface area contributed by atoms with Crippen LogP contribution in [0.3, 0.4) is 0 Å². The van der Waals surface area contributed by atoms with Gasteiger partial charge in [-0.25, -0.2) is 14.8 Å². The highest BCUT2D eigenvalue weighted by Gasteiger charge is 2.14. The quantitative estimate of drug-likeness (QED) is 0.864. The van der Waals surface area contributed by atoms with E-state index in [4.69, 9.17) is 4.42 Å². The van der Waals surface area contributed by atoms with E-state index in [1.54, 1.807) is 13.0 Å². The molecule has 0 spiro atoms. The highest BCUT2D eigenvalue weighted by molar-refractivity contribution is 5.85. The molecule has 1 unspecified atom stereocenters. The van der Waals surface area contributed by atoms with Crippen molar-refractivity contribution in [1.29, 1.82) is 0 Å². The van der Waals surface area contributed by atoms with Crippen LogP contribution in [-0.4, -0.2) is 23.0 Å². The number of hydrogen-bond donors (Lipinski definition) is 1. The summed E-state index contributed by atoms with van der Waals surface area (Å²) in [7, 11) is 1.30. The Kier molecular flexibility index (Phi) is 4.02. The number of rotatable bonds is 4. The third-order valence-electron chi connectivity index (χ3n) is 2.77. The largest absolute Gasteiger partial charge is 0.464 e. The Balaban J connectivity index is 2.20. The van der Waals surface area contributed by atoms with Gasteiger partial charge >= 0.3 is 5.97 Å². The summed E-state index contributed by atoms with van der Waals surface area (Å²) in [5, 5.41) is 3.18. The second-order valence-corrected chi connectivity index (χ2v) is 4.52. The molecular weight excluding hydrogens is 258 g/mol. The fourth-order valence-corrected chi connectivity index (χ4v) is 1.80. The molecule has 1 atom stereocenters. The lowest BCUT2D eigenvalue weighted by Gasteiger charge is -2.13. The predicted octanol–water partition coefficient (Wildman–Crippen LogP) is 2.65. The molecule has 2 heterocycles. The van der Waals surface area contributed by atoms with Gasteiger partial charge < -0.3 is 14.5 Å². The highest BCUT2D eigenvalue weighted by Crippen LogP contribution is 2.20. The van der Waals surface area contributed by atoms with E-state index in [1.807, 2.05) is 26.0 Å². The van der Waals surface area contributed by atoms with Gasteiger partial charge in [0.25, 0.3) is 0 Å². The zero-order valence-corrected chi connectivity index (χ0v) is 11.9. The van der Waals surface area contributed by atoms with Crippen LogP contribution >= 0.6 is 0 Å². The Morgan fingerprint density at radius 2 is 2.10 bits per heavy atom. The summed E-state index contributed by atoms with van der Waals surface area (Å²) >= 11 is 0. The first-order chi connectivity index (χ1) is 9.49. The number of anilines is 1. The van der Waals surface area contributed by atoms with Crippen molar-refractivity contribution in [3.63, 3.8) is 0 Å². The Bertz CT molecular complexity index is 622. The lowest BCUT2D eigenvalue weighted by atomic mass is 10.2. The number of nitrogens with zero attached hydrogens (tertiary/aromatic N) is 2. The molecule has 20 heavy (non-hydrogen) atoms. The van der Waals surface area contributed by atoms with Gasteiger partial charge in [0.15, 0.2) is 0 Å². The standard InChI is InChI=1S/C14H17N3O3/c1-8-7-12(17-13(15-8)14(18)19-4)16-10(3)11-6-5-9(2)20-11/h5-7,10H,1-4H3,(H,15,16,17). The average Bonchev–Trinajstić information content (AvgIpc) is 2.84. The summed E-state index contributed by atoms with van der Waals surface area (Å²) in [4.78, 5) is 19.7. The number of nitrogens with one attached hydrogen (secondary N) is 1. The van der Waals surface area contributed by atoms with Gasteiger partial charge in [-0.2, -0.15) is 0 Å². The van der Waals surface area contributed by atoms with Gasteiger partial charge in [-0.15, -0.1) is 0 Å². The number of hydrogen-bond acceptors (Lipinski definition) is 6. The first-order valence-electron chi connectivity index (χ1n) is 6.26. The van der Waals surface area contributed by atoms with Crippen molar-refractivity contribution in [2.24, 2.45) is 0 Å². The van der Waals surface area contributed by atoms with Crippen molar-refractivity contribution < 1.29 is 13.9 Å². The number of aromatic nitrogens is 2. The van der Waals surface area contributed by atoms with Gasteiger partial charge in [0.05, 0.1) is 13.2 Å². The summed E-state index contributed by atoms with van der Waals surface area (Å²) in [5.74, 6) is 1.69. The SMILES string of the molecule is COC(=O)c1nc(C)cc(NC(C)c2ccc(C)o2)n1. The van der Waals surface area contributed by atoms with E-state index in [2.05, 4.69) is 20.0 Å². The Morgan fingerprint density at radius 3 is 2.70 bits per heavy atom. The zero-order chi connectivity index (χ0) is 14.7. The smallest absolute Gasteiger partial charge is 0.376 e. The van der Waals surface area contributed by atoms with Crippen LogP contribution in [-0.2, 0) is 4.74 Å². The van der Waals surface area contributed by atoms with Crippen molar-refractivity contribution >= 4 is 11.8 Å². The summed E-state index contributed by atoms with van der Waals surface area (Å²) in [6.45, 7) is 5.63. The number of furan rings is 1. The summed E-state index contributed by atoms with van der Waals surface area (Å²) < 4.78 is 10.2. The van der Waals surface area contributed by atoms with Gasteiger partial charge in [-0.3, -0.25) is 0 Å². The van der Waals surface area contributed by atoms with Crippen molar-refractivity contribution in [3.05, 3.63) is 41.2 Å². The molecular formula is C14H17N3O3. The van der Waals surface area contributed by atoms with E-state index in [1.165, 1.54) is 7.11 Å². The molecule has 106 valence electrons. The van der Waals surface area contributed by atoms with Crippen LogP contribution in [0.1, 0.15) is 40.8 Å². The van der Waals surface area contributed by atoms with Crippen molar-refractivity contribution in [2.75, 3.05) is 12.4 Å². The number of methoxy groups -OCH3 is 1. The van der Waals surface area contributed by atoms with E-state index >= 15 is 0 Å². The van der Waals surface area contributed by atoms with Gasteiger partial charge in [0.2, 0.25) is 5.82 Å². The summed E-state index contributed by atoms with van der Waals surface area (Å²) in [6, 6.07) is 5.50. The second-order valence-electron chi connectivity index (χ2n) is 4.52. The number of aryl methyl sites for hydroxylation is 2. The average molecular weight is 275 g/mol. The molecule has 0 amide bonds. The molecule has 2 rings (SSSR count). The zero-order valence-electron chi connectivity index (χ0n) is 11.9. The molecule has 0 aliphatic heterocycles. The number of carbonyl (C=O) groups excluding carboxylic acids is 1. The lowest BCUT2D eigenvalue weighted by molar-refractivity contribution is 0.0586. The number of ether oxygens (including phenoxy) is 1. The van der Waals surface area contributed by atoms with Gasteiger partial charge in [-0.1, -0.05) is 0 Å². The normalized spacial score (nSPS) is 12.0. The fourth-order valence-electron chi connectivity index (χ4n) is 1.80. The Hall–Kier alpha value is -2.37. The topological polar surface area (TPSA) is 77.2 Å². The van der Waals surface area contributed by atoms with Crippen LogP contribution in [0.25, 0.3) is 0 Å². The second kappa shape index (κ2) is 5.73. The molecule has 0 saturated carbocycles. The monoisotopic (exact) mass is 275 g/mol. The van der Waals surface area contributed by atoms with E-state index in [0.717, 1.165) is 11.5 Å². The minimum Gasteiger partial charge on any atom is -0.464 e. The molecule has 0 saturated heterocycles. The van der Waals surface area contributed by atoms with Crippen molar-refractivity contribution in [1.82, 2.24) is 9.97 Å². The molecule has 2 aromatic heterocycles. The summed E-state index contributed by atoms with van der Waals surface area (Å²) in [6.07, 6.45) is 0. The van der Waals surface area contributed by atoms with Crippen LogP contribution in [0, 0.1) is 13.8 Å². The molecule has 0 aliphatic rings. The van der Waals surface area contributed by atoms with Crippen LogP contribution in [0.2, 0.25) is 0 Å². The van der Waals surface area contributed by atoms with E-state index in [0.29, 0.717) is 11.5 Å². The third kappa shape index (κ3) is 3.14. The van der Waals surface area contributed by atoms with Crippen molar-refractivity contribution in [2.45, 2.75) is 26.8 Å². The minimum absolute atomic E-state index is 0.0397. The van der Waals surface area contributed by atoms with Gasteiger partial charge in [0.1, 0.15) is 17.3 Å². The third-order valence-corrected chi connectivity index (χ3v) is 2.77. The molecule has 1 N–H and O–H groups in total. The van der Waals surface area contributed by atoms with Crippen LogP contribution in [0.4, 0.5) is 5.82 Å². The number of esters is 1. The molecule has 0 aliphatic carbocycles. The van der Waals surface area contributed by atoms with E-state index < -0.39 is 5.97 Å². The molecule has 6 heteroatoms. The Morgan fingerprint density at radius 1 is 1.35 bits per heavy atom. The first-order valence-corrected chi connectivity index (χ1v) is 6.26. The maximum absolute atomic E-state index is 11.5. The highest BCUT2D eigenvalue weighted by atomic mass is 16.5. The van der Waals surface area contributed by atoms with Gasteiger partial charge in [-0.05, 0) is 32.9 Å². The maximum Gasteiger partial charge on any atom is 0.376 e. The van der Waals surface area contributed by atoms with Crippen LogP contribution < -0.4 is 5.32 Å². The van der Waals surface area contributed by atoms with Crippen molar-refractivity contribution in [3.8, 4) is 0 Å². The molecule has 2 aromatic rings. The maximum atomic E-state index is 11.5. The molecule has 0 aromatic carbocycles. The van der Waals surface area contributed by atoms with E-state index in [-0.39, 0.29) is 11.9 Å². The molecule has 0 fully saturated rings. The molecule has 0 radical (unpaired) electrons. The summed E-state index contributed by atoms with van der Waals surface area (Å²) in [5.41, 5.74) is 0.686. The fraction of sp³-hybridized carbons (Fsp3) is 0.357. The minimum atomic E-state index is -0.557. The van der Waals surface area contributed by atoms with Crippen LogP contribution in [0.5, 0.6) is 0 Å². The van der Waals surface area contributed by atoms with E-state index in [9.17, 15) is 4.79 Å². The Labute approximate surface area is 117 Å². The number of carbonyl (C=O) groups is 1. The lowest BCUT2D eigenvalue weighted by Crippen LogP contribution is -2.13. The predicted molar refractivity (Wildman–Crippen MR) is 73.6 cm³/mol. The first kappa shape index (κ1) is 14.0. The molecule has 6 nitrogen and oxygen atoms in total. The van der Waals surface area contributed by atoms with Crippen LogP contribution in [0.15, 0.2) is 22.6 Å². The van der Waals surface area contributed by atoms with Gasteiger partial charge in [0, 0.05) is 11.8 Å².